The van der Waals surface area contributed by atoms with Crippen molar-refractivity contribution in [3.05, 3.63) is 102 Å². The highest BCUT2D eigenvalue weighted by atomic mass is 79.9. The Labute approximate surface area is 208 Å². The Hall–Kier alpha value is -3.36. The van der Waals surface area contributed by atoms with Crippen LogP contribution in [-0.4, -0.2) is 22.5 Å². The normalized spacial score (nSPS) is 11.3. The maximum Gasteiger partial charge on any atom is 0.349 e. The van der Waals surface area contributed by atoms with Crippen molar-refractivity contribution in [2.45, 2.75) is 20.5 Å². The summed E-state index contributed by atoms with van der Waals surface area (Å²) in [5, 5.41) is 4.76. The monoisotopic (exact) mass is 541 g/mol. The number of aryl methyl sites for hydroxylation is 1. The molecule has 0 bridgehead atoms. The van der Waals surface area contributed by atoms with E-state index in [0.29, 0.717) is 50.7 Å². The van der Waals surface area contributed by atoms with Gasteiger partial charge in [-0.2, -0.15) is 5.10 Å². The molecule has 0 unspecified atom stereocenters. The van der Waals surface area contributed by atoms with E-state index in [1.807, 2.05) is 38.1 Å². The molecule has 0 fully saturated rings. The van der Waals surface area contributed by atoms with Crippen LogP contribution in [0, 0.1) is 6.92 Å². The molecule has 0 aliphatic rings. The number of hydrogen-bond acceptors (Lipinski definition) is 5. The molecule has 1 aromatic heterocycles. The van der Waals surface area contributed by atoms with Crippen molar-refractivity contribution < 1.29 is 9.47 Å². The highest BCUT2D eigenvalue weighted by molar-refractivity contribution is 9.10. The standard InChI is InChI=1S/C25H21BrClN3O4/c1-3-33-20-12-17(13-28-30-24(31)18-9-4-5-10-19(18)29-25(30)32)21(26)22(27)23(20)34-14-16-8-6-7-15(2)11-16/h4-13H,3,14H2,1-2H3,(H,29,32). The minimum Gasteiger partial charge on any atom is -0.490 e. The zero-order chi connectivity index (χ0) is 24.2. The predicted octanol–water partition coefficient (Wildman–Crippen LogP) is 5.27. The molecule has 1 N–H and O–H groups in total. The largest absolute Gasteiger partial charge is 0.490 e. The number of ether oxygens (including phenoxy) is 2. The summed E-state index contributed by atoms with van der Waals surface area (Å²) in [5.41, 5.74) is 1.91. The molecule has 174 valence electrons. The van der Waals surface area contributed by atoms with Gasteiger partial charge in [-0.1, -0.05) is 53.6 Å². The average molecular weight is 543 g/mol. The molecule has 0 amide bonds. The molecule has 0 radical (unpaired) electrons. The fraction of sp³-hybridized carbons (Fsp3) is 0.160. The van der Waals surface area contributed by atoms with Crippen molar-refractivity contribution >= 4 is 44.6 Å². The Morgan fingerprint density at radius 2 is 1.91 bits per heavy atom. The van der Waals surface area contributed by atoms with Gasteiger partial charge in [0.25, 0.3) is 5.56 Å². The molecular formula is C25H21BrClN3O4. The van der Waals surface area contributed by atoms with E-state index >= 15 is 0 Å². The molecule has 1 heterocycles. The van der Waals surface area contributed by atoms with Gasteiger partial charge in [-0.25, -0.2) is 4.79 Å². The van der Waals surface area contributed by atoms with Crippen molar-refractivity contribution in [1.29, 1.82) is 0 Å². The smallest absolute Gasteiger partial charge is 0.349 e. The number of para-hydroxylation sites is 1. The van der Waals surface area contributed by atoms with E-state index in [2.05, 4.69) is 26.0 Å². The van der Waals surface area contributed by atoms with Gasteiger partial charge in [0, 0.05) is 10.0 Å². The van der Waals surface area contributed by atoms with Crippen molar-refractivity contribution in [3.63, 3.8) is 0 Å². The van der Waals surface area contributed by atoms with Crippen LogP contribution in [0.3, 0.4) is 0 Å². The molecule has 0 aliphatic heterocycles. The molecule has 3 aromatic carbocycles. The lowest BCUT2D eigenvalue weighted by atomic mass is 10.1. The predicted molar refractivity (Wildman–Crippen MR) is 138 cm³/mol. The first kappa shape index (κ1) is 23.8. The Kier molecular flexibility index (Phi) is 7.19. The van der Waals surface area contributed by atoms with E-state index in [1.54, 1.807) is 30.3 Å². The molecule has 4 rings (SSSR count). The molecule has 0 spiro atoms. The zero-order valence-corrected chi connectivity index (χ0v) is 20.8. The van der Waals surface area contributed by atoms with Gasteiger partial charge in [0.15, 0.2) is 11.5 Å². The van der Waals surface area contributed by atoms with Crippen LogP contribution in [0.1, 0.15) is 23.6 Å². The summed E-state index contributed by atoms with van der Waals surface area (Å²) in [5.74, 6) is 0.805. The van der Waals surface area contributed by atoms with Gasteiger partial charge in [0.1, 0.15) is 11.6 Å². The van der Waals surface area contributed by atoms with Gasteiger partial charge in [-0.05, 0) is 53.5 Å². The zero-order valence-electron chi connectivity index (χ0n) is 18.5. The topological polar surface area (TPSA) is 85.7 Å². The Morgan fingerprint density at radius 1 is 1.12 bits per heavy atom. The number of nitrogens with zero attached hydrogens (tertiary/aromatic N) is 2. The van der Waals surface area contributed by atoms with Crippen LogP contribution in [-0.2, 0) is 6.61 Å². The number of nitrogens with one attached hydrogen (secondary N) is 1. The first-order valence-corrected chi connectivity index (χ1v) is 11.7. The number of halogens is 2. The van der Waals surface area contributed by atoms with E-state index in [0.717, 1.165) is 15.8 Å². The molecular weight excluding hydrogens is 522 g/mol. The average Bonchev–Trinajstić information content (AvgIpc) is 2.82. The third kappa shape index (κ3) is 4.93. The van der Waals surface area contributed by atoms with Crippen LogP contribution in [0.5, 0.6) is 11.5 Å². The van der Waals surface area contributed by atoms with Gasteiger partial charge < -0.3 is 14.5 Å². The van der Waals surface area contributed by atoms with E-state index in [1.165, 1.54) is 6.21 Å². The maximum absolute atomic E-state index is 12.7. The summed E-state index contributed by atoms with van der Waals surface area (Å²) in [6.07, 6.45) is 1.37. The second-order valence-electron chi connectivity index (χ2n) is 7.47. The quantitative estimate of drug-likeness (QED) is 0.322. The molecule has 0 atom stereocenters. The summed E-state index contributed by atoms with van der Waals surface area (Å²) in [7, 11) is 0. The summed E-state index contributed by atoms with van der Waals surface area (Å²) in [6, 6.07) is 16.4. The first-order chi connectivity index (χ1) is 16.4. The fourth-order valence-electron chi connectivity index (χ4n) is 3.43. The second kappa shape index (κ2) is 10.3. The summed E-state index contributed by atoms with van der Waals surface area (Å²) < 4.78 is 13.0. The third-order valence-corrected chi connectivity index (χ3v) is 6.46. The molecule has 0 saturated carbocycles. The van der Waals surface area contributed by atoms with Crippen LogP contribution in [0.25, 0.3) is 10.9 Å². The van der Waals surface area contributed by atoms with Crippen molar-refractivity contribution in [1.82, 2.24) is 9.66 Å². The lowest BCUT2D eigenvalue weighted by molar-refractivity contribution is 0.269. The van der Waals surface area contributed by atoms with Crippen LogP contribution < -0.4 is 20.7 Å². The van der Waals surface area contributed by atoms with E-state index < -0.39 is 11.2 Å². The molecule has 7 nitrogen and oxygen atoms in total. The van der Waals surface area contributed by atoms with Gasteiger partial charge >= 0.3 is 5.69 Å². The number of rotatable bonds is 7. The van der Waals surface area contributed by atoms with Crippen LogP contribution in [0.15, 0.2) is 73.8 Å². The number of fused-ring (bicyclic) bond motifs is 1. The van der Waals surface area contributed by atoms with Crippen LogP contribution in [0.4, 0.5) is 0 Å². The number of aromatic amines is 1. The Balaban J connectivity index is 1.71. The van der Waals surface area contributed by atoms with Crippen LogP contribution in [0.2, 0.25) is 5.02 Å². The third-order valence-electron chi connectivity index (χ3n) is 5.02. The number of aromatic nitrogens is 2. The Morgan fingerprint density at radius 3 is 2.68 bits per heavy atom. The molecule has 4 aromatic rings. The lowest BCUT2D eigenvalue weighted by Crippen LogP contribution is -2.32. The Bertz CT molecular complexity index is 1510. The van der Waals surface area contributed by atoms with E-state index in [4.69, 9.17) is 21.1 Å². The molecule has 0 saturated heterocycles. The highest BCUT2D eigenvalue weighted by Crippen LogP contribution is 2.42. The van der Waals surface area contributed by atoms with Gasteiger partial charge in [-0.15, -0.1) is 4.68 Å². The summed E-state index contributed by atoms with van der Waals surface area (Å²) >= 11 is 10.1. The van der Waals surface area contributed by atoms with Gasteiger partial charge in [-0.3, -0.25) is 4.79 Å². The van der Waals surface area contributed by atoms with Crippen molar-refractivity contribution in [3.8, 4) is 11.5 Å². The molecule has 9 heteroatoms. The highest BCUT2D eigenvalue weighted by Gasteiger charge is 2.18. The number of H-pyrrole nitrogens is 1. The molecule has 34 heavy (non-hydrogen) atoms. The fourth-order valence-corrected chi connectivity index (χ4v) is 4.08. The summed E-state index contributed by atoms with van der Waals surface area (Å²) in [4.78, 5) is 27.8. The second-order valence-corrected chi connectivity index (χ2v) is 8.64. The minimum atomic E-state index is -0.648. The van der Waals surface area contributed by atoms with Gasteiger partial charge in [0.2, 0.25) is 0 Å². The number of hydrogen-bond donors (Lipinski definition) is 1. The number of benzene rings is 3. The summed E-state index contributed by atoms with van der Waals surface area (Å²) in [6.45, 7) is 4.56. The SMILES string of the molecule is CCOc1cc(C=Nn2c(=O)[nH]c3ccccc3c2=O)c(Br)c(Cl)c1OCc1cccc(C)c1. The van der Waals surface area contributed by atoms with E-state index in [9.17, 15) is 9.59 Å². The maximum atomic E-state index is 12.7. The first-order valence-electron chi connectivity index (χ1n) is 10.5. The van der Waals surface area contributed by atoms with Crippen molar-refractivity contribution in [2.75, 3.05) is 6.61 Å². The lowest BCUT2D eigenvalue weighted by Gasteiger charge is -2.16. The minimum absolute atomic E-state index is 0.292. The van der Waals surface area contributed by atoms with Gasteiger partial charge in [0.05, 0.1) is 23.7 Å². The van der Waals surface area contributed by atoms with Crippen LogP contribution >= 0.6 is 27.5 Å². The van der Waals surface area contributed by atoms with E-state index in [-0.39, 0.29) is 0 Å². The van der Waals surface area contributed by atoms with Crippen molar-refractivity contribution in [2.24, 2.45) is 5.10 Å². The molecule has 0 aliphatic carbocycles.